The summed E-state index contributed by atoms with van der Waals surface area (Å²) in [7, 11) is 0. The van der Waals surface area contributed by atoms with Gasteiger partial charge in [-0.05, 0) is 23.0 Å². The van der Waals surface area contributed by atoms with Crippen LogP contribution >= 0.6 is 0 Å². The number of aliphatic hydroxyl groups is 1. The van der Waals surface area contributed by atoms with Gasteiger partial charge in [-0.25, -0.2) is 0 Å². The first-order valence-electron chi connectivity index (χ1n) is 8.73. The molecule has 126 valence electrons. The number of benzene rings is 2. The van der Waals surface area contributed by atoms with E-state index in [1.54, 1.807) is 0 Å². The third-order valence-electron chi connectivity index (χ3n) is 5.09. The monoisotopic (exact) mass is 323 g/mol. The van der Waals surface area contributed by atoms with E-state index in [-0.39, 0.29) is 12.4 Å². The Morgan fingerprint density at radius 2 is 1.62 bits per heavy atom. The zero-order chi connectivity index (χ0) is 16.9. The summed E-state index contributed by atoms with van der Waals surface area (Å²) in [5.74, 6) is 0.967. The van der Waals surface area contributed by atoms with Crippen molar-refractivity contribution >= 4 is 5.78 Å². The van der Waals surface area contributed by atoms with Crippen LogP contribution in [0, 0.1) is 11.8 Å². The van der Waals surface area contributed by atoms with Gasteiger partial charge in [0.15, 0.2) is 5.78 Å². The first-order valence-corrected chi connectivity index (χ1v) is 8.73. The molecule has 1 saturated heterocycles. The van der Waals surface area contributed by atoms with Crippen LogP contribution in [-0.4, -0.2) is 42.0 Å². The summed E-state index contributed by atoms with van der Waals surface area (Å²) in [6, 6.07) is 18.0. The highest BCUT2D eigenvalue weighted by Crippen LogP contribution is 2.26. The molecule has 3 nitrogen and oxygen atoms in total. The molecule has 24 heavy (non-hydrogen) atoms. The summed E-state index contributed by atoms with van der Waals surface area (Å²) in [6.07, 6.45) is 1.06. The molecule has 0 aliphatic carbocycles. The molecular formula is C21H25NO2. The fourth-order valence-electron chi connectivity index (χ4n) is 3.61. The Morgan fingerprint density at radius 3 is 2.21 bits per heavy atom. The molecule has 2 aromatic carbocycles. The molecule has 0 unspecified atom stereocenters. The SMILES string of the molecule is CC[C@@H]1CN(CC(=O)c2ccc(-c3ccccc3)cc2)C[C@@H]1CO. The van der Waals surface area contributed by atoms with Crippen LogP contribution in [0.15, 0.2) is 54.6 Å². The van der Waals surface area contributed by atoms with Gasteiger partial charge >= 0.3 is 0 Å². The lowest BCUT2D eigenvalue weighted by Crippen LogP contribution is -2.28. The van der Waals surface area contributed by atoms with Crippen LogP contribution in [0.25, 0.3) is 11.1 Å². The van der Waals surface area contributed by atoms with Crippen LogP contribution in [0.2, 0.25) is 0 Å². The summed E-state index contributed by atoms with van der Waals surface area (Å²) >= 11 is 0. The third-order valence-corrected chi connectivity index (χ3v) is 5.09. The van der Waals surface area contributed by atoms with Gasteiger partial charge in [-0.3, -0.25) is 9.69 Å². The first-order chi connectivity index (χ1) is 11.7. The van der Waals surface area contributed by atoms with Crippen LogP contribution in [0.1, 0.15) is 23.7 Å². The second-order valence-electron chi connectivity index (χ2n) is 6.67. The number of hydrogen-bond donors (Lipinski definition) is 1. The second kappa shape index (κ2) is 7.73. The van der Waals surface area contributed by atoms with Gasteiger partial charge in [0.25, 0.3) is 0 Å². The number of aliphatic hydroxyl groups excluding tert-OH is 1. The van der Waals surface area contributed by atoms with Crippen LogP contribution in [0.5, 0.6) is 0 Å². The van der Waals surface area contributed by atoms with Gasteiger partial charge < -0.3 is 5.11 Å². The first kappa shape index (κ1) is 16.9. The van der Waals surface area contributed by atoms with Crippen molar-refractivity contribution in [3.8, 4) is 11.1 Å². The van der Waals surface area contributed by atoms with Gasteiger partial charge in [0, 0.05) is 25.3 Å². The maximum atomic E-state index is 12.5. The van der Waals surface area contributed by atoms with E-state index in [0.717, 1.165) is 36.2 Å². The standard InChI is InChI=1S/C21H25NO2/c1-2-16-12-22(13-20(16)15-23)14-21(24)19-10-8-18(9-11-19)17-6-4-3-5-7-17/h3-11,16,20,23H,2,12-15H2,1H3/t16-,20-/m1/s1. The van der Waals surface area contributed by atoms with Crippen molar-refractivity contribution in [2.75, 3.05) is 26.2 Å². The van der Waals surface area contributed by atoms with Crippen molar-refractivity contribution < 1.29 is 9.90 Å². The Labute approximate surface area is 143 Å². The Morgan fingerprint density at radius 1 is 1.00 bits per heavy atom. The van der Waals surface area contributed by atoms with E-state index >= 15 is 0 Å². The molecule has 3 rings (SSSR count). The summed E-state index contributed by atoms with van der Waals surface area (Å²) in [6.45, 7) is 4.55. The van der Waals surface area contributed by atoms with Crippen molar-refractivity contribution in [3.05, 3.63) is 60.2 Å². The predicted octanol–water partition coefficient (Wildman–Crippen LogP) is 3.49. The molecule has 0 radical (unpaired) electrons. The average molecular weight is 323 g/mol. The number of nitrogens with zero attached hydrogens (tertiary/aromatic N) is 1. The Kier molecular flexibility index (Phi) is 5.44. The lowest BCUT2D eigenvalue weighted by atomic mass is 9.95. The largest absolute Gasteiger partial charge is 0.396 e. The maximum absolute atomic E-state index is 12.5. The van der Waals surface area contributed by atoms with Crippen molar-refractivity contribution in [2.24, 2.45) is 11.8 Å². The molecule has 1 N–H and O–H groups in total. The van der Waals surface area contributed by atoms with Gasteiger partial charge in [0.1, 0.15) is 0 Å². The van der Waals surface area contributed by atoms with Gasteiger partial charge in [-0.1, -0.05) is 67.9 Å². The van der Waals surface area contributed by atoms with Crippen LogP contribution in [0.3, 0.4) is 0 Å². The fraction of sp³-hybridized carbons (Fsp3) is 0.381. The van der Waals surface area contributed by atoms with E-state index in [2.05, 4.69) is 24.0 Å². The van der Waals surface area contributed by atoms with Gasteiger partial charge in [-0.2, -0.15) is 0 Å². The number of ketones is 1. The number of hydrogen-bond acceptors (Lipinski definition) is 3. The predicted molar refractivity (Wildman–Crippen MR) is 97.0 cm³/mol. The molecule has 1 fully saturated rings. The summed E-state index contributed by atoms with van der Waals surface area (Å²) in [5, 5.41) is 9.46. The minimum absolute atomic E-state index is 0.156. The molecule has 3 heteroatoms. The molecular weight excluding hydrogens is 298 g/mol. The molecule has 0 spiro atoms. The molecule has 1 aliphatic rings. The number of likely N-dealkylation sites (tertiary alicyclic amines) is 1. The number of rotatable bonds is 6. The van der Waals surface area contributed by atoms with E-state index in [1.165, 1.54) is 0 Å². The van der Waals surface area contributed by atoms with E-state index in [0.29, 0.717) is 18.4 Å². The molecule has 0 saturated carbocycles. The Balaban J connectivity index is 1.64. The molecule has 0 amide bonds. The molecule has 2 aromatic rings. The van der Waals surface area contributed by atoms with Crippen LogP contribution < -0.4 is 0 Å². The lowest BCUT2D eigenvalue weighted by molar-refractivity contribution is 0.0940. The molecule has 1 aliphatic heterocycles. The minimum Gasteiger partial charge on any atom is -0.396 e. The highest BCUT2D eigenvalue weighted by molar-refractivity contribution is 5.98. The second-order valence-corrected chi connectivity index (χ2v) is 6.67. The van der Waals surface area contributed by atoms with Crippen molar-refractivity contribution in [1.82, 2.24) is 4.90 Å². The van der Waals surface area contributed by atoms with E-state index in [1.807, 2.05) is 42.5 Å². The molecule has 0 bridgehead atoms. The zero-order valence-electron chi connectivity index (χ0n) is 14.2. The smallest absolute Gasteiger partial charge is 0.176 e. The van der Waals surface area contributed by atoms with Crippen LogP contribution in [0.4, 0.5) is 0 Å². The fourth-order valence-corrected chi connectivity index (χ4v) is 3.61. The maximum Gasteiger partial charge on any atom is 0.176 e. The van der Waals surface area contributed by atoms with E-state index < -0.39 is 0 Å². The molecule has 1 heterocycles. The Hall–Kier alpha value is -1.97. The molecule has 2 atom stereocenters. The average Bonchev–Trinajstić information content (AvgIpc) is 3.04. The van der Waals surface area contributed by atoms with Gasteiger partial charge in [0.2, 0.25) is 0 Å². The van der Waals surface area contributed by atoms with Crippen LogP contribution in [-0.2, 0) is 0 Å². The normalized spacial score (nSPS) is 21.1. The number of Topliss-reactive ketones (excluding diaryl/α,β-unsaturated/α-hetero) is 1. The third kappa shape index (κ3) is 3.74. The zero-order valence-corrected chi connectivity index (χ0v) is 14.2. The van der Waals surface area contributed by atoms with Crippen molar-refractivity contribution in [1.29, 1.82) is 0 Å². The van der Waals surface area contributed by atoms with Gasteiger partial charge in [-0.15, -0.1) is 0 Å². The minimum atomic E-state index is 0.156. The highest BCUT2D eigenvalue weighted by Gasteiger charge is 2.31. The molecule has 0 aromatic heterocycles. The van der Waals surface area contributed by atoms with Crippen molar-refractivity contribution in [2.45, 2.75) is 13.3 Å². The number of carbonyl (C=O) groups excluding carboxylic acids is 1. The highest BCUT2D eigenvalue weighted by atomic mass is 16.3. The van der Waals surface area contributed by atoms with Crippen molar-refractivity contribution in [3.63, 3.8) is 0 Å². The summed E-state index contributed by atoms with van der Waals surface area (Å²) < 4.78 is 0. The summed E-state index contributed by atoms with van der Waals surface area (Å²) in [4.78, 5) is 14.7. The Bertz CT molecular complexity index is 654. The number of carbonyl (C=O) groups is 1. The summed E-state index contributed by atoms with van der Waals surface area (Å²) in [5.41, 5.74) is 3.04. The van der Waals surface area contributed by atoms with Gasteiger partial charge in [0.05, 0.1) is 6.54 Å². The van der Waals surface area contributed by atoms with E-state index in [9.17, 15) is 9.90 Å². The quantitative estimate of drug-likeness (QED) is 0.827. The topological polar surface area (TPSA) is 40.5 Å². The lowest BCUT2D eigenvalue weighted by Gasteiger charge is -2.14. The van der Waals surface area contributed by atoms with E-state index in [4.69, 9.17) is 0 Å².